The van der Waals surface area contributed by atoms with Crippen LogP contribution in [0.25, 0.3) is 0 Å². The van der Waals surface area contributed by atoms with Crippen LogP contribution in [0.5, 0.6) is 11.5 Å². The summed E-state index contributed by atoms with van der Waals surface area (Å²) in [5.74, 6) is -0.348. The van der Waals surface area contributed by atoms with Crippen LogP contribution in [0.4, 0.5) is 0 Å². The summed E-state index contributed by atoms with van der Waals surface area (Å²) in [6.07, 6.45) is 1.25. The number of carbonyl (C=O) groups is 2. The second kappa shape index (κ2) is 9.58. The molecule has 0 bridgehead atoms. The fraction of sp³-hybridized carbons (Fsp3) is 0.357. The van der Waals surface area contributed by atoms with Gasteiger partial charge >= 0.3 is 5.97 Å². The first-order valence-electron chi connectivity index (χ1n) is 11.9. The molecule has 2 aliphatic heterocycles. The highest BCUT2D eigenvalue weighted by atomic mass is 16.6. The van der Waals surface area contributed by atoms with Gasteiger partial charge in [-0.1, -0.05) is 30.3 Å². The average molecular weight is 476 g/mol. The Bertz CT molecular complexity index is 1220. The van der Waals surface area contributed by atoms with Crippen molar-refractivity contribution in [1.82, 2.24) is 5.32 Å². The molecule has 3 atom stereocenters. The largest absolute Gasteiger partial charge is 0.508 e. The molecule has 0 spiro atoms. The molecule has 3 aliphatic rings. The van der Waals surface area contributed by atoms with Crippen molar-refractivity contribution in [2.75, 3.05) is 20.3 Å². The van der Waals surface area contributed by atoms with E-state index in [-0.39, 0.29) is 23.6 Å². The fourth-order valence-electron chi connectivity index (χ4n) is 5.39. The van der Waals surface area contributed by atoms with E-state index in [9.17, 15) is 14.7 Å². The summed E-state index contributed by atoms with van der Waals surface area (Å²) in [5, 5.41) is 13.6. The number of dihydropyridines is 1. The SMILES string of the molecule is COc1ccccc1[C@H]1CC(=O)C2=C(C1)NC(C)=C(C(=O)O[C@@H]1CCOC1)[C@H]2c1cccc(O)c1. The van der Waals surface area contributed by atoms with Gasteiger partial charge in [0.2, 0.25) is 0 Å². The highest BCUT2D eigenvalue weighted by Gasteiger charge is 2.42. The molecule has 1 fully saturated rings. The number of rotatable bonds is 5. The van der Waals surface area contributed by atoms with E-state index in [4.69, 9.17) is 14.2 Å². The molecular weight excluding hydrogens is 446 g/mol. The number of para-hydroxylation sites is 1. The first-order chi connectivity index (χ1) is 17.0. The maximum Gasteiger partial charge on any atom is 0.337 e. The first-order valence-corrected chi connectivity index (χ1v) is 11.9. The van der Waals surface area contributed by atoms with Gasteiger partial charge in [0, 0.05) is 41.6 Å². The summed E-state index contributed by atoms with van der Waals surface area (Å²) in [6.45, 7) is 2.76. The number of aromatic hydroxyl groups is 1. The number of Topliss-reactive ketones (excluding diaryl/α,β-unsaturated/α-hetero) is 1. The van der Waals surface area contributed by atoms with Crippen molar-refractivity contribution in [2.24, 2.45) is 0 Å². The number of esters is 1. The molecule has 0 radical (unpaired) electrons. The number of nitrogens with one attached hydrogen (secondary N) is 1. The maximum absolute atomic E-state index is 13.7. The minimum absolute atomic E-state index is 0.0370. The third-order valence-corrected chi connectivity index (χ3v) is 6.99. The Morgan fingerprint density at radius 1 is 1.14 bits per heavy atom. The van der Waals surface area contributed by atoms with Crippen LogP contribution in [0, 0.1) is 0 Å². The molecule has 2 heterocycles. The lowest BCUT2D eigenvalue weighted by atomic mass is 9.71. The zero-order valence-corrected chi connectivity index (χ0v) is 19.9. The topological polar surface area (TPSA) is 94.1 Å². The van der Waals surface area contributed by atoms with Gasteiger partial charge in [0.15, 0.2) is 5.78 Å². The lowest BCUT2D eigenvalue weighted by Gasteiger charge is -2.37. The van der Waals surface area contributed by atoms with Crippen molar-refractivity contribution < 1.29 is 28.9 Å². The molecule has 2 aromatic rings. The molecular formula is C28H29NO6. The number of phenolic OH excluding ortho intramolecular Hbond substituents is 1. The summed E-state index contributed by atoms with van der Waals surface area (Å²) in [5.41, 5.74) is 4.06. The van der Waals surface area contributed by atoms with E-state index in [0.717, 1.165) is 17.0 Å². The predicted molar refractivity (Wildman–Crippen MR) is 129 cm³/mol. The monoisotopic (exact) mass is 475 g/mol. The van der Waals surface area contributed by atoms with E-state index in [1.165, 1.54) is 0 Å². The standard InChI is InChI=1S/C28H29NO6/c1-16-25(28(32)35-20-10-11-34-15-20)26(17-6-5-7-19(30)12-17)27-22(29-16)13-18(14-23(27)31)21-8-3-4-9-24(21)33-2/h3-9,12,18,20,26,29-30H,10-11,13-15H2,1-2H3/t18-,20-,26-/m1/s1. The molecule has 2 aromatic carbocycles. The Morgan fingerprint density at radius 3 is 2.71 bits per heavy atom. The highest BCUT2D eigenvalue weighted by molar-refractivity contribution is 6.04. The van der Waals surface area contributed by atoms with Gasteiger partial charge in [-0.05, 0) is 42.7 Å². The minimum Gasteiger partial charge on any atom is -0.508 e. The molecule has 0 saturated carbocycles. The number of phenols is 1. The van der Waals surface area contributed by atoms with Gasteiger partial charge in [-0.25, -0.2) is 4.79 Å². The number of methoxy groups -OCH3 is 1. The van der Waals surface area contributed by atoms with Gasteiger partial charge in [-0.2, -0.15) is 0 Å². The third-order valence-electron chi connectivity index (χ3n) is 6.99. The summed E-state index contributed by atoms with van der Waals surface area (Å²) >= 11 is 0. The van der Waals surface area contributed by atoms with Crippen molar-refractivity contribution in [3.05, 3.63) is 82.2 Å². The van der Waals surface area contributed by atoms with E-state index >= 15 is 0 Å². The Labute approximate surface area is 204 Å². The minimum atomic E-state index is -0.626. The molecule has 7 heteroatoms. The Morgan fingerprint density at radius 2 is 1.97 bits per heavy atom. The molecule has 7 nitrogen and oxygen atoms in total. The fourth-order valence-corrected chi connectivity index (χ4v) is 5.39. The number of hydrogen-bond donors (Lipinski definition) is 2. The zero-order valence-electron chi connectivity index (χ0n) is 19.9. The van der Waals surface area contributed by atoms with E-state index in [1.807, 2.05) is 37.3 Å². The van der Waals surface area contributed by atoms with Crippen molar-refractivity contribution in [3.63, 3.8) is 0 Å². The van der Waals surface area contributed by atoms with Crippen LogP contribution < -0.4 is 10.1 Å². The summed E-state index contributed by atoms with van der Waals surface area (Å²) in [4.78, 5) is 27.1. The molecule has 2 N–H and O–H groups in total. The molecule has 0 unspecified atom stereocenters. The lowest BCUT2D eigenvalue weighted by molar-refractivity contribution is -0.144. The quantitative estimate of drug-likeness (QED) is 0.629. The zero-order chi connectivity index (χ0) is 24.5. The van der Waals surface area contributed by atoms with Gasteiger partial charge in [0.1, 0.15) is 17.6 Å². The normalized spacial score (nSPS) is 24.2. The van der Waals surface area contributed by atoms with Crippen LogP contribution in [-0.4, -0.2) is 43.3 Å². The van der Waals surface area contributed by atoms with Gasteiger partial charge in [-0.3, -0.25) is 4.79 Å². The van der Waals surface area contributed by atoms with Gasteiger partial charge in [0.05, 0.1) is 25.9 Å². The smallest absolute Gasteiger partial charge is 0.337 e. The third kappa shape index (κ3) is 4.44. The summed E-state index contributed by atoms with van der Waals surface area (Å²) < 4.78 is 16.7. The van der Waals surface area contributed by atoms with E-state index in [1.54, 1.807) is 25.3 Å². The van der Waals surface area contributed by atoms with E-state index in [2.05, 4.69) is 5.32 Å². The summed E-state index contributed by atoms with van der Waals surface area (Å²) in [6, 6.07) is 14.5. The molecule has 1 saturated heterocycles. The Hall–Kier alpha value is -3.58. The second-order valence-corrected chi connectivity index (χ2v) is 9.25. The number of ether oxygens (including phenoxy) is 3. The van der Waals surface area contributed by atoms with E-state index < -0.39 is 11.9 Å². The number of allylic oxidation sites excluding steroid dienone is 3. The molecule has 5 rings (SSSR count). The lowest BCUT2D eigenvalue weighted by Crippen LogP contribution is -2.36. The van der Waals surface area contributed by atoms with Crippen LogP contribution in [0.1, 0.15) is 49.1 Å². The Kier molecular flexibility index (Phi) is 6.34. The van der Waals surface area contributed by atoms with Crippen LogP contribution in [-0.2, 0) is 19.1 Å². The maximum atomic E-state index is 13.7. The molecule has 1 aliphatic carbocycles. The van der Waals surface area contributed by atoms with Crippen molar-refractivity contribution >= 4 is 11.8 Å². The van der Waals surface area contributed by atoms with Gasteiger partial charge in [0.25, 0.3) is 0 Å². The number of benzene rings is 2. The van der Waals surface area contributed by atoms with Crippen molar-refractivity contribution in [2.45, 2.75) is 44.1 Å². The molecule has 0 aromatic heterocycles. The van der Waals surface area contributed by atoms with Crippen molar-refractivity contribution in [3.8, 4) is 11.5 Å². The first kappa shape index (κ1) is 23.2. The summed E-state index contributed by atoms with van der Waals surface area (Å²) in [7, 11) is 1.63. The van der Waals surface area contributed by atoms with Gasteiger partial charge < -0.3 is 24.6 Å². The Balaban J connectivity index is 1.55. The molecule has 35 heavy (non-hydrogen) atoms. The number of hydrogen-bond acceptors (Lipinski definition) is 7. The van der Waals surface area contributed by atoms with Crippen molar-refractivity contribution in [1.29, 1.82) is 0 Å². The van der Waals surface area contributed by atoms with Crippen LogP contribution >= 0.6 is 0 Å². The average Bonchev–Trinajstić information content (AvgIpc) is 3.36. The van der Waals surface area contributed by atoms with E-state index in [0.29, 0.717) is 54.9 Å². The molecule has 182 valence electrons. The van der Waals surface area contributed by atoms with Crippen LogP contribution in [0.3, 0.4) is 0 Å². The predicted octanol–water partition coefficient (Wildman–Crippen LogP) is 4.09. The highest BCUT2D eigenvalue weighted by Crippen LogP contribution is 2.47. The van der Waals surface area contributed by atoms with Gasteiger partial charge in [-0.15, -0.1) is 0 Å². The number of ketones is 1. The number of carbonyl (C=O) groups excluding carboxylic acids is 2. The van der Waals surface area contributed by atoms with Crippen LogP contribution in [0.2, 0.25) is 0 Å². The van der Waals surface area contributed by atoms with Crippen LogP contribution in [0.15, 0.2) is 71.1 Å². The molecule has 0 amide bonds. The second-order valence-electron chi connectivity index (χ2n) is 9.25.